The Morgan fingerprint density at radius 3 is 2.74 bits per heavy atom. The first-order valence-electron chi connectivity index (χ1n) is 9.03. The Bertz CT molecular complexity index is 1180. The van der Waals surface area contributed by atoms with E-state index in [2.05, 4.69) is 15.1 Å². The fraction of sp³-hybridized carbons (Fsp3) is 0.250. The number of carbonyl (C=O) groups is 1. The van der Waals surface area contributed by atoms with E-state index in [0.717, 1.165) is 48.1 Å². The van der Waals surface area contributed by atoms with Gasteiger partial charge in [0.25, 0.3) is 5.91 Å². The minimum Gasteiger partial charge on any atom is -0.339 e. The number of rotatable bonds is 2. The summed E-state index contributed by atoms with van der Waals surface area (Å²) in [6.45, 7) is 1.67. The molecule has 5 rings (SSSR count). The molecule has 4 aromatic rings. The molecule has 1 aliphatic heterocycles. The maximum Gasteiger partial charge on any atom is 0.253 e. The summed E-state index contributed by atoms with van der Waals surface area (Å²) in [6, 6.07) is 7.53. The van der Waals surface area contributed by atoms with Crippen LogP contribution in [0.25, 0.3) is 33.3 Å². The van der Waals surface area contributed by atoms with Crippen LogP contribution in [0.3, 0.4) is 0 Å². The van der Waals surface area contributed by atoms with E-state index in [1.165, 1.54) is 0 Å². The van der Waals surface area contributed by atoms with Crippen LogP contribution in [0.4, 0.5) is 0 Å². The number of nitrogens with zero attached hydrogens (tertiary/aromatic N) is 6. The number of carbonyl (C=O) groups excluding carboxylic acids is 1. The average molecular weight is 358 g/mol. The first-order valence-corrected chi connectivity index (χ1v) is 9.03. The highest BCUT2D eigenvalue weighted by Gasteiger charge is 2.20. The Hall–Kier alpha value is -3.35. The molecule has 134 valence electrons. The predicted octanol–water partition coefficient (Wildman–Crippen LogP) is 2.81. The van der Waals surface area contributed by atoms with Crippen molar-refractivity contribution in [1.29, 1.82) is 0 Å². The molecule has 0 aliphatic carbocycles. The Morgan fingerprint density at radius 2 is 1.89 bits per heavy atom. The smallest absolute Gasteiger partial charge is 0.253 e. The van der Waals surface area contributed by atoms with Gasteiger partial charge in [-0.25, -0.2) is 9.97 Å². The van der Waals surface area contributed by atoms with E-state index < -0.39 is 0 Å². The number of pyridine rings is 1. The lowest BCUT2D eigenvalue weighted by Crippen LogP contribution is -2.27. The molecule has 1 saturated heterocycles. The van der Waals surface area contributed by atoms with Gasteiger partial charge in [-0.2, -0.15) is 5.10 Å². The van der Waals surface area contributed by atoms with Crippen molar-refractivity contribution in [2.45, 2.75) is 12.8 Å². The lowest BCUT2D eigenvalue weighted by atomic mass is 10.1. The number of likely N-dealkylation sites (tertiary alicyclic amines) is 1. The molecule has 0 N–H and O–H groups in total. The van der Waals surface area contributed by atoms with Crippen LogP contribution in [-0.2, 0) is 7.05 Å². The van der Waals surface area contributed by atoms with Gasteiger partial charge in [-0.05, 0) is 37.1 Å². The molecule has 7 nitrogen and oxygen atoms in total. The Morgan fingerprint density at radius 1 is 1.04 bits per heavy atom. The van der Waals surface area contributed by atoms with Crippen LogP contribution in [0, 0.1) is 0 Å². The second kappa shape index (κ2) is 6.12. The van der Waals surface area contributed by atoms with Gasteiger partial charge in [0, 0.05) is 49.0 Å². The topological polar surface area (TPSA) is 76.8 Å². The van der Waals surface area contributed by atoms with Crippen LogP contribution in [0.15, 0.2) is 42.9 Å². The Balaban J connectivity index is 1.55. The summed E-state index contributed by atoms with van der Waals surface area (Å²) < 4.78 is 1.74. The van der Waals surface area contributed by atoms with Gasteiger partial charge in [0.05, 0.1) is 22.9 Å². The number of hydrogen-bond donors (Lipinski definition) is 0. The number of fused-ring (bicyclic) bond motifs is 2. The summed E-state index contributed by atoms with van der Waals surface area (Å²) in [7, 11) is 1.87. The molecule has 0 bridgehead atoms. The summed E-state index contributed by atoms with van der Waals surface area (Å²) in [5, 5.41) is 5.25. The third kappa shape index (κ3) is 2.81. The van der Waals surface area contributed by atoms with Crippen LogP contribution in [0.2, 0.25) is 0 Å². The van der Waals surface area contributed by atoms with Gasteiger partial charge < -0.3 is 4.90 Å². The van der Waals surface area contributed by atoms with Gasteiger partial charge >= 0.3 is 0 Å². The van der Waals surface area contributed by atoms with E-state index in [0.29, 0.717) is 16.7 Å². The second-order valence-electron chi connectivity index (χ2n) is 6.90. The zero-order chi connectivity index (χ0) is 18.4. The molecule has 27 heavy (non-hydrogen) atoms. The van der Waals surface area contributed by atoms with Crippen molar-refractivity contribution in [1.82, 2.24) is 29.6 Å². The Kier molecular flexibility index (Phi) is 3.60. The molecule has 0 atom stereocenters. The Labute approximate surface area is 155 Å². The quantitative estimate of drug-likeness (QED) is 0.551. The van der Waals surface area contributed by atoms with Crippen LogP contribution >= 0.6 is 0 Å². The highest BCUT2D eigenvalue weighted by Crippen LogP contribution is 2.23. The van der Waals surface area contributed by atoms with Crippen molar-refractivity contribution < 1.29 is 4.79 Å². The van der Waals surface area contributed by atoms with Crippen molar-refractivity contribution in [2.75, 3.05) is 13.1 Å². The molecule has 0 saturated carbocycles. The van der Waals surface area contributed by atoms with Crippen molar-refractivity contribution in [3.63, 3.8) is 0 Å². The first kappa shape index (κ1) is 15.9. The van der Waals surface area contributed by atoms with Crippen LogP contribution in [0.5, 0.6) is 0 Å². The molecule has 4 heterocycles. The fourth-order valence-electron chi connectivity index (χ4n) is 3.56. The highest BCUT2D eigenvalue weighted by atomic mass is 16.2. The van der Waals surface area contributed by atoms with Crippen LogP contribution in [-0.4, -0.2) is 48.6 Å². The van der Waals surface area contributed by atoms with Gasteiger partial charge in [0.15, 0.2) is 5.65 Å². The van der Waals surface area contributed by atoms with Gasteiger partial charge in [-0.15, -0.1) is 0 Å². The zero-order valence-corrected chi connectivity index (χ0v) is 15.0. The van der Waals surface area contributed by atoms with Crippen molar-refractivity contribution in [3.05, 3.63) is 48.4 Å². The van der Waals surface area contributed by atoms with Crippen LogP contribution < -0.4 is 0 Å². The normalized spacial score (nSPS) is 14.3. The number of benzene rings is 1. The molecule has 3 aromatic heterocycles. The van der Waals surface area contributed by atoms with Gasteiger partial charge in [-0.1, -0.05) is 0 Å². The maximum absolute atomic E-state index is 12.7. The molecule has 0 spiro atoms. The largest absolute Gasteiger partial charge is 0.339 e. The van der Waals surface area contributed by atoms with Gasteiger partial charge in [0.2, 0.25) is 0 Å². The molecular weight excluding hydrogens is 340 g/mol. The van der Waals surface area contributed by atoms with E-state index in [9.17, 15) is 4.79 Å². The van der Waals surface area contributed by atoms with E-state index in [-0.39, 0.29) is 5.91 Å². The predicted molar refractivity (Wildman–Crippen MR) is 102 cm³/mol. The van der Waals surface area contributed by atoms with Gasteiger partial charge in [0.1, 0.15) is 0 Å². The summed E-state index contributed by atoms with van der Waals surface area (Å²) in [5.41, 5.74) is 4.45. The third-order valence-electron chi connectivity index (χ3n) is 4.95. The number of hydrogen-bond acceptors (Lipinski definition) is 5. The second-order valence-corrected chi connectivity index (χ2v) is 6.90. The lowest BCUT2D eigenvalue weighted by Gasteiger charge is -2.15. The summed E-state index contributed by atoms with van der Waals surface area (Å²) >= 11 is 0. The first-order chi connectivity index (χ1) is 13.2. The molecule has 7 heteroatoms. The molecule has 1 amide bonds. The van der Waals surface area contributed by atoms with E-state index in [4.69, 9.17) is 4.98 Å². The third-order valence-corrected chi connectivity index (χ3v) is 4.95. The monoisotopic (exact) mass is 358 g/mol. The van der Waals surface area contributed by atoms with Crippen LogP contribution in [0.1, 0.15) is 23.2 Å². The fourth-order valence-corrected chi connectivity index (χ4v) is 3.56. The highest BCUT2D eigenvalue weighted by molar-refractivity contribution is 5.97. The molecule has 1 aromatic carbocycles. The average Bonchev–Trinajstić information content (AvgIpc) is 3.34. The van der Waals surface area contributed by atoms with Crippen molar-refractivity contribution >= 4 is 28.0 Å². The minimum atomic E-state index is 0.0695. The molecular formula is C20H18N6O. The van der Waals surface area contributed by atoms with E-state index in [1.54, 1.807) is 17.1 Å². The molecule has 0 unspecified atom stereocenters. The summed E-state index contributed by atoms with van der Waals surface area (Å²) in [4.78, 5) is 28.2. The summed E-state index contributed by atoms with van der Waals surface area (Å²) in [5.74, 6) is 0.0695. The summed E-state index contributed by atoms with van der Waals surface area (Å²) in [6.07, 6.45) is 7.57. The van der Waals surface area contributed by atoms with Crippen molar-refractivity contribution in [2.24, 2.45) is 7.05 Å². The number of amides is 1. The SMILES string of the molecule is Cn1cc2cc(-c3cnc4ccc(C(=O)N5CCCC5)cc4n3)cnc2n1. The minimum absolute atomic E-state index is 0.0695. The standard InChI is InChI=1S/C20H18N6O/c1-25-12-15-8-14(10-22-19(15)24-25)18-11-21-16-5-4-13(9-17(16)23-18)20(27)26-6-2-3-7-26/h4-5,8-12H,2-3,6-7H2,1H3. The van der Waals surface area contributed by atoms with E-state index in [1.807, 2.05) is 42.4 Å². The molecule has 1 fully saturated rings. The van der Waals surface area contributed by atoms with Crippen molar-refractivity contribution in [3.8, 4) is 11.3 Å². The van der Waals surface area contributed by atoms with E-state index >= 15 is 0 Å². The lowest BCUT2D eigenvalue weighted by molar-refractivity contribution is 0.0793. The molecule has 0 radical (unpaired) electrons. The molecule has 1 aliphatic rings. The van der Waals surface area contributed by atoms with Gasteiger partial charge in [-0.3, -0.25) is 14.5 Å². The maximum atomic E-state index is 12.7. The number of aryl methyl sites for hydroxylation is 1. The number of aromatic nitrogens is 5. The zero-order valence-electron chi connectivity index (χ0n) is 15.0.